The highest BCUT2D eigenvalue weighted by molar-refractivity contribution is 5.80. The fourth-order valence-corrected chi connectivity index (χ4v) is 2.65. The Morgan fingerprint density at radius 3 is 2.58 bits per heavy atom. The third-order valence-corrected chi connectivity index (χ3v) is 3.87. The summed E-state index contributed by atoms with van der Waals surface area (Å²) in [6.45, 7) is 8.34. The summed E-state index contributed by atoms with van der Waals surface area (Å²) in [4.78, 5) is 12.0. The van der Waals surface area contributed by atoms with E-state index in [2.05, 4.69) is 5.32 Å². The molecule has 19 heavy (non-hydrogen) atoms. The van der Waals surface area contributed by atoms with Crippen molar-refractivity contribution in [1.29, 1.82) is 0 Å². The van der Waals surface area contributed by atoms with E-state index >= 15 is 0 Å². The van der Waals surface area contributed by atoms with E-state index in [4.69, 9.17) is 9.47 Å². The van der Waals surface area contributed by atoms with Crippen molar-refractivity contribution in [3.05, 3.63) is 0 Å². The van der Waals surface area contributed by atoms with Gasteiger partial charge in [0.2, 0.25) is 0 Å². The molecule has 1 aliphatic carbocycles. The summed E-state index contributed by atoms with van der Waals surface area (Å²) >= 11 is 0. The van der Waals surface area contributed by atoms with Crippen LogP contribution in [0, 0.1) is 5.92 Å². The predicted molar refractivity (Wildman–Crippen MR) is 76.1 cm³/mol. The zero-order valence-electron chi connectivity index (χ0n) is 12.7. The molecule has 112 valence electrons. The summed E-state index contributed by atoms with van der Waals surface area (Å²) in [7, 11) is 0. The first-order chi connectivity index (χ1) is 9.12. The first kappa shape index (κ1) is 16.4. The van der Waals surface area contributed by atoms with Gasteiger partial charge in [0.25, 0.3) is 0 Å². The molecule has 4 heteroatoms. The van der Waals surface area contributed by atoms with E-state index < -0.39 is 5.54 Å². The Morgan fingerprint density at radius 2 is 2.00 bits per heavy atom. The molecule has 0 aliphatic heterocycles. The molecule has 1 fully saturated rings. The van der Waals surface area contributed by atoms with Crippen molar-refractivity contribution < 1.29 is 14.3 Å². The Hall–Kier alpha value is -0.610. The summed E-state index contributed by atoms with van der Waals surface area (Å²) in [6.07, 6.45) is 5.93. The number of hydrogen-bond donors (Lipinski definition) is 1. The minimum Gasteiger partial charge on any atom is -0.465 e. The van der Waals surface area contributed by atoms with Crippen molar-refractivity contribution in [1.82, 2.24) is 5.32 Å². The molecule has 4 nitrogen and oxygen atoms in total. The standard InChI is InChI=1S/C15H29NO3/c1-4-16-15(3,14(17)19-5-2)10-11-18-12-13-8-6-7-9-13/h13,16H,4-12H2,1-3H3. The maximum atomic E-state index is 12.0. The second-order valence-electron chi connectivity index (χ2n) is 5.56. The fourth-order valence-electron chi connectivity index (χ4n) is 2.65. The minimum absolute atomic E-state index is 0.179. The lowest BCUT2D eigenvalue weighted by Gasteiger charge is -2.28. The van der Waals surface area contributed by atoms with Crippen LogP contribution in [0.15, 0.2) is 0 Å². The van der Waals surface area contributed by atoms with Crippen LogP contribution in [-0.2, 0) is 14.3 Å². The second-order valence-corrected chi connectivity index (χ2v) is 5.56. The highest BCUT2D eigenvalue weighted by atomic mass is 16.5. The lowest BCUT2D eigenvalue weighted by atomic mass is 9.98. The van der Waals surface area contributed by atoms with Gasteiger partial charge in [-0.3, -0.25) is 4.79 Å². The first-order valence-electron chi connectivity index (χ1n) is 7.62. The number of carbonyl (C=O) groups excluding carboxylic acids is 1. The Kier molecular flexibility index (Phi) is 7.39. The van der Waals surface area contributed by atoms with E-state index in [1.807, 2.05) is 20.8 Å². The third-order valence-electron chi connectivity index (χ3n) is 3.87. The molecule has 1 saturated carbocycles. The number of nitrogens with one attached hydrogen (secondary N) is 1. The quantitative estimate of drug-likeness (QED) is 0.517. The average molecular weight is 271 g/mol. The maximum Gasteiger partial charge on any atom is 0.326 e. The second kappa shape index (κ2) is 8.54. The molecule has 0 amide bonds. The number of hydrogen-bond acceptors (Lipinski definition) is 4. The Labute approximate surface area is 117 Å². The van der Waals surface area contributed by atoms with Crippen LogP contribution < -0.4 is 5.32 Å². The van der Waals surface area contributed by atoms with Gasteiger partial charge in [0.05, 0.1) is 6.61 Å². The summed E-state index contributed by atoms with van der Waals surface area (Å²) in [5.41, 5.74) is -0.625. The summed E-state index contributed by atoms with van der Waals surface area (Å²) < 4.78 is 10.9. The molecule has 1 N–H and O–H groups in total. The molecule has 1 unspecified atom stereocenters. The van der Waals surface area contributed by atoms with E-state index in [1.54, 1.807) is 0 Å². The van der Waals surface area contributed by atoms with Gasteiger partial charge in [-0.05, 0) is 45.6 Å². The van der Waals surface area contributed by atoms with Gasteiger partial charge in [0, 0.05) is 13.2 Å². The lowest BCUT2D eigenvalue weighted by Crippen LogP contribution is -2.51. The lowest BCUT2D eigenvalue weighted by molar-refractivity contribution is -0.151. The molecule has 0 spiro atoms. The van der Waals surface area contributed by atoms with Gasteiger partial charge in [-0.1, -0.05) is 19.8 Å². The number of esters is 1. The summed E-state index contributed by atoms with van der Waals surface area (Å²) in [5, 5.41) is 3.22. The van der Waals surface area contributed by atoms with Crippen molar-refractivity contribution in [3.63, 3.8) is 0 Å². The van der Waals surface area contributed by atoms with Crippen LogP contribution in [0.2, 0.25) is 0 Å². The summed E-state index contributed by atoms with van der Waals surface area (Å²) in [6, 6.07) is 0. The Morgan fingerprint density at radius 1 is 1.32 bits per heavy atom. The van der Waals surface area contributed by atoms with Gasteiger partial charge < -0.3 is 14.8 Å². The van der Waals surface area contributed by atoms with E-state index in [0.29, 0.717) is 19.6 Å². The van der Waals surface area contributed by atoms with Crippen LogP contribution in [-0.4, -0.2) is 37.9 Å². The predicted octanol–water partition coefficient (Wildman–Crippen LogP) is 2.51. The van der Waals surface area contributed by atoms with Gasteiger partial charge in [-0.2, -0.15) is 0 Å². The SMILES string of the molecule is CCNC(C)(CCOCC1CCCC1)C(=O)OCC. The normalized spacial score (nSPS) is 19.3. The molecule has 0 aromatic carbocycles. The van der Waals surface area contributed by atoms with Gasteiger partial charge in [0.15, 0.2) is 0 Å². The van der Waals surface area contributed by atoms with Gasteiger partial charge >= 0.3 is 5.97 Å². The van der Waals surface area contributed by atoms with Crippen molar-refractivity contribution in [3.8, 4) is 0 Å². The minimum atomic E-state index is -0.625. The van der Waals surface area contributed by atoms with Crippen LogP contribution >= 0.6 is 0 Å². The molecule has 0 heterocycles. The van der Waals surface area contributed by atoms with E-state index in [-0.39, 0.29) is 5.97 Å². The molecule has 0 saturated heterocycles. The van der Waals surface area contributed by atoms with Crippen molar-refractivity contribution in [2.24, 2.45) is 5.92 Å². The molecule has 0 bridgehead atoms. The molecule has 1 atom stereocenters. The third kappa shape index (κ3) is 5.49. The highest BCUT2D eigenvalue weighted by Crippen LogP contribution is 2.25. The summed E-state index contributed by atoms with van der Waals surface area (Å²) in [5.74, 6) is 0.550. The van der Waals surface area contributed by atoms with Gasteiger partial charge in [-0.15, -0.1) is 0 Å². The molecule has 1 aliphatic rings. The fraction of sp³-hybridized carbons (Fsp3) is 0.933. The van der Waals surface area contributed by atoms with Gasteiger partial charge in [0.1, 0.15) is 5.54 Å². The highest BCUT2D eigenvalue weighted by Gasteiger charge is 2.33. The smallest absolute Gasteiger partial charge is 0.326 e. The number of rotatable bonds is 9. The first-order valence-corrected chi connectivity index (χ1v) is 7.62. The monoisotopic (exact) mass is 271 g/mol. The number of ether oxygens (including phenoxy) is 2. The van der Waals surface area contributed by atoms with Crippen molar-refractivity contribution in [2.45, 2.75) is 58.4 Å². The van der Waals surface area contributed by atoms with Crippen LogP contribution in [0.25, 0.3) is 0 Å². The van der Waals surface area contributed by atoms with Crippen LogP contribution in [0.1, 0.15) is 52.9 Å². The zero-order chi connectivity index (χ0) is 14.1. The van der Waals surface area contributed by atoms with Crippen LogP contribution in [0.3, 0.4) is 0 Å². The largest absolute Gasteiger partial charge is 0.465 e. The van der Waals surface area contributed by atoms with Crippen LogP contribution in [0.5, 0.6) is 0 Å². The number of carbonyl (C=O) groups is 1. The molecule has 1 rings (SSSR count). The van der Waals surface area contributed by atoms with Gasteiger partial charge in [-0.25, -0.2) is 0 Å². The Bertz CT molecular complexity index is 264. The Balaban J connectivity index is 2.29. The topological polar surface area (TPSA) is 47.6 Å². The molecule has 0 radical (unpaired) electrons. The van der Waals surface area contributed by atoms with Crippen molar-refractivity contribution >= 4 is 5.97 Å². The van der Waals surface area contributed by atoms with Crippen LogP contribution in [0.4, 0.5) is 0 Å². The zero-order valence-corrected chi connectivity index (χ0v) is 12.7. The average Bonchev–Trinajstić information content (AvgIpc) is 2.88. The van der Waals surface area contributed by atoms with E-state index in [1.165, 1.54) is 25.7 Å². The molecular formula is C15H29NO3. The van der Waals surface area contributed by atoms with Crippen molar-refractivity contribution in [2.75, 3.05) is 26.4 Å². The number of likely N-dealkylation sites (N-methyl/N-ethyl adjacent to an activating group) is 1. The van der Waals surface area contributed by atoms with E-state index in [0.717, 1.165) is 19.1 Å². The molecule has 0 aromatic rings. The van der Waals surface area contributed by atoms with E-state index in [9.17, 15) is 4.79 Å². The molecular weight excluding hydrogens is 242 g/mol. The maximum absolute atomic E-state index is 12.0. The molecule has 0 aromatic heterocycles.